The molecule has 1 aromatic carbocycles. The second-order valence-corrected chi connectivity index (χ2v) is 3.85. The van der Waals surface area contributed by atoms with Gasteiger partial charge in [-0.3, -0.25) is 9.36 Å². The third-order valence-electron chi connectivity index (χ3n) is 2.58. The summed E-state index contributed by atoms with van der Waals surface area (Å²) in [7, 11) is 1.19. The van der Waals surface area contributed by atoms with Crippen molar-refractivity contribution in [3.63, 3.8) is 0 Å². The first-order valence-corrected chi connectivity index (χ1v) is 5.49. The summed E-state index contributed by atoms with van der Waals surface area (Å²) < 4.78 is 19.5. The van der Waals surface area contributed by atoms with Crippen LogP contribution in [0.3, 0.4) is 0 Å². The zero-order valence-corrected chi connectivity index (χ0v) is 10.2. The number of methoxy groups -OCH3 is 1. The van der Waals surface area contributed by atoms with E-state index in [4.69, 9.17) is 0 Å². The maximum atomic E-state index is 13.7. The first-order chi connectivity index (χ1) is 9.11. The Morgan fingerprint density at radius 3 is 2.84 bits per heavy atom. The topological polar surface area (TPSA) is 61.2 Å². The molecule has 1 heterocycles. The Morgan fingerprint density at radius 1 is 1.42 bits per heavy atom. The van der Waals surface area contributed by atoms with Gasteiger partial charge in [-0.25, -0.2) is 14.2 Å². The van der Waals surface area contributed by atoms with Gasteiger partial charge in [-0.05, 0) is 17.7 Å². The minimum Gasteiger partial charge on any atom is -0.465 e. The predicted octanol–water partition coefficient (Wildman–Crippen LogP) is 1.22. The highest BCUT2D eigenvalue weighted by molar-refractivity contribution is 5.89. The number of hydrogen-bond acceptors (Lipinski definition) is 4. The number of carbonyl (C=O) groups excluding carboxylic acids is 1. The van der Waals surface area contributed by atoms with E-state index in [1.165, 1.54) is 42.4 Å². The van der Waals surface area contributed by atoms with Crippen molar-refractivity contribution in [2.75, 3.05) is 7.11 Å². The molecule has 0 aliphatic heterocycles. The van der Waals surface area contributed by atoms with E-state index in [1.807, 2.05) is 0 Å². The number of nitrogens with zero attached hydrogens (tertiary/aromatic N) is 2. The van der Waals surface area contributed by atoms with Gasteiger partial charge in [0.1, 0.15) is 5.82 Å². The highest BCUT2D eigenvalue weighted by Gasteiger charge is 2.12. The van der Waals surface area contributed by atoms with Gasteiger partial charge >= 0.3 is 5.97 Å². The fourth-order valence-electron chi connectivity index (χ4n) is 1.63. The number of ether oxygens (including phenoxy) is 1. The van der Waals surface area contributed by atoms with Crippen molar-refractivity contribution in [3.8, 4) is 0 Å². The summed E-state index contributed by atoms with van der Waals surface area (Å²) in [5.74, 6) is -1.41. The molecule has 2 rings (SSSR count). The molecule has 98 valence electrons. The van der Waals surface area contributed by atoms with Crippen molar-refractivity contribution in [2.24, 2.45) is 0 Å². The highest BCUT2D eigenvalue weighted by atomic mass is 19.1. The van der Waals surface area contributed by atoms with Gasteiger partial charge < -0.3 is 4.74 Å². The van der Waals surface area contributed by atoms with Crippen LogP contribution in [0, 0.1) is 5.82 Å². The van der Waals surface area contributed by atoms with Crippen LogP contribution in [-0.4, -0.2) is 22.6 Å². The Kier molecular flexibility index (Phi) is 3.70. The van der Waals surface area contributed by atoms with E-state index < -0.39 is 11.8 Å². The molecule has 19 heavy (non-hydrogen) atoms. The number of aromatic nitrogens is 2. The molecule has 5 nitrogen and oxygen atoms in total. The molecule has 1 aromatic heterocycles. The van der Waals surface area contributed by atoms with E-state index in [9.17, 15) is 14.0 Å². The molecule has 0 fully saturated rings. The van der Waals surface area contributed by atoms with Crippen LogP contribution in [0.1, 0.15) is 15.9 Å². The molecular formula is C13H11FN2O3. The van der Waals surface area contributed by atoms with Gasteiger partial charge in [-0.1, -0.05) is 6.07 Å². The first kappa shape index (κ1) is 12.9. The number of esters is 1. The summed E-state index contributed by atoms with van der Waals surface area (Å²) >= 11 is 0. The number of halogens is 1. The SMILES string of the molecule is COC(=O)c1ccc(Cn2cnccc2=O)cc1F. The summed E-state index contributed by atoms with van der Waals surface area (Å²) in [5.41, 5.74) is 0.192. The molecule has 0 bridgehead atoms. The molecule has 0 spiro atoms. The number of hydrogen-bond donors (Lipinski definition) is 0. The van der Waals surface area contributed by atoms with Crippen LogP contribution in [0.25, 0.3) is 0 Å². The third-order valence-corrected chi connectivity index (χ3v) is 2.58. The van der Waals surface area contributed by atoms with Crippen molar-refractivity contribution in [2.45, 2.75) is 6.54 Å². The number of carbonyl (C=O) groups is 1. The smallest absolute Gasteiger partial charge is 0.340 e. The van der Waals surface area contributed by atoms with Crippen molar-refractivity contribution in [1.29, 1.82) is 0 Å². The second-order valence-electron chi connectivity index (χ2n) is 3.85. The van der Waals surface area contributed by atoms with Gasteiger partial charge in [-0.2, -0.15) is 0 Å². The average Bonchev–Trinajstić information content (AvgIpc) is 2.41. The van der Waals surface area contributed by atoms with Gasteiger partial charge in [-0.15, -0.1) is 0 Å². The van der Waals surface area contributed by atoms with E-state index in [1.54, 1.807) is 6.07 Å². The molecule has 2 aromatic rings. The van der Waals surface area contributed by atoms with E-state index in [0.717, 1.165) is 0 Å². The maximum Gasteiger partial charge on any atom is 0.340 e. The molecule has 0 aliphatic carbocycles. The van der Waals surface area contributed by atoms with E-state index >= 15 is 0 Å². The fraction of sp³-hybridized carbons (Fsp3) is 0.154. The van der Waals surface area contributed by atoms with Gasteiger partial charge in [0.2, 0.25) is 0 Å². The number of benzene rings is 1. The minimum atomic E-state index is -0.734. The molecule has 0 unspecified atom stereocenters. The van der Waals surface area contributed by atoms with Gasteiger partial charge in [0.15, 0.2) is 0 Å². The lowest BCUT2D eigenvalue weighted by molar-refractivity contribution is 0.0595. The Labute approximate surface area is 108 Å². The highest BCUT2D eigenvalue weighted by Crippen LogP contribution is 2.12. The quantitative estimate of drug-likeness (QED) is 0.780. The predicted molar refractivity (Wildman–Crippen MR) is 65.3 cm³/mol. The standard InChI is InChI=1S/C13H11FN2O3/c1-19-13(18)10-3-2-9(6-11(10)14)7-16-8-15-5-4-12(16)17/h2-6,8H,7H2,1H3. The summed E-state index contributed by atoms with van der Waals surface area (Å²) in [6.45, 7) is 0.186. The molecule has 0 N–H and O–H groups in total. The number of rotatable bonds is 3. The summed E-state index contributed by atoms with van der Waals surface area (Å²) in [4.78, 5) is 26.5. The first-order valence-electron chi connectivity index (χ1n) is 5.49. The monoisotopic (exact) mass is 262 g/mol. The molecule has 6 heteroatoms. The zero-order chi connectivity index (χ0) is 13.8. The van der Waals surface area contributed by atoms with Crippen LogP contribution in [-0.2, 0) is 11.3 Å². The molecule has 0 saturated carbocycles. The summed E-state index contributed by atoms with van der Waals surface area (Å²) in [6, 6.07) is 5.41. The minimum absolute atomic E-state index is 0.134. The zero-order valence-electron chi connectivity index (χ0n) is 10.2. The van der Waals surface area contributed by atoms with Crippen LogP contribution in [0.4, 0.5) is 4.39 Å². The van der Waals surface area contributed by atoms with Gasteiger partial charge in [0, 0.05) is 12.3 Å². The van der Waals surface area contributed by atoms with Crippen LogP contribution >= 0.6 is 0 Å². The Balaban J connectivity index is 2.29. The lowest BCUT2D eigenvalue weighted by atomic mass is 10.1. The summed E-state index contributed by atoms with van der Waals surface area (Å²) in [6.07, 6.45) is 2.76. The molecular weight excluding hydrogens is 251 g/mol. The Hall–Kier alpha value is -2.50. The normalized spacial score (nSPS) is 10.2. The largest absolute Gasteiger partial charge is 0.465 e. The van der Waals surface area contributed by atoms with Gasteiger partial charge in [0.05, 0.1) is 25.5 Å². The molecule has 0 radical (unpaired) electrons. The van der Waals surface area contributed by atoms with E-state index in [-0.39, 0.29) is 17.7 Å². The van der Waals surface area contributed by atoms with Gasteiger partial charge in [0.25, 0.3) is 5.56 Å². The lowest BCUT2D eigenvalue weighted by Crippen LogP contribution is -2.19. The average molecular weight is 262 g/mol. The van der Waals surface area contributed by atoms with Crippen LogP contribution < -0.4 is 5.56 Å². The van der Waals surface area contributed by atoms with E-state index in [2.05, 4.69) is 9.72 Å². The molecule has 0 saturated heterocycles. The van der Waals surface area contributed by atoms with E-state index in [0.29, 0.717) is 5.56 Å². The molecule has 0 atom stereocenters. The Morgan fingerprint density at radius 2 is 2.21 bits per heavy atom. The van der Waals surface area contributed by atoms with Crippen LogP contribution in [0.2, 0.25) is 0 Å². The van der Waals surface area contributed by atoms with Crippen molar-refractivity contribution in [1.82, 2.24) is 9.55 Å². The van der Waals surface area contributed by atoms with Crippen molar-refractivity contribution in [3.05, 3.63) is 64.1 Å². The van der Waals surface area contributed by atoms with Crippen molar-refractivity contribution >= 4 is 5.97 Å². The molecule has 0 aliphatic rings. The van der Waals surface area contributed by atoms with Crippen molar-refractivity contribution < 1.29 is 13.9 Å². The lowest BCUT2D eigenvalue weighted by Gasteiger charge is -2.06. The maximum absolute atomic E-state index is 13.7. The van der Waals surface area contributed by atoms with Crippen LogP contribution in [0.5, 0.6) is 0 Å². The third kappa shape index (κ3) is 2.85. The second kappa shape index (κ2) is 5.43. The fourth-order valence-corrected chi connectivity index (χ4v) is 1.63. The summed E-state index contributed by atoms with van der Waals surface area (Å²) in [5, 5.41) is 0. The van der Waals surface area contributed by atoms with Crippen LogP contribution in [0.15, 0.2) is 41.6 Å². The molecule has 0 amide bonds. The Bertz CT molecular complexity index is 667.